The topological polar surface area (TPSA) is 35.6 Å². The molecule has 0 aromatic heterocycles. The third-order valence-electron chi connectivity index (χ3n) is 5.84. The van der Waals surface area contributed by atoms with Crippen LogP contribution in [-0.4, -0.2) is 44.0 Å². The molecule has 4 nitrogen and oxygen atoms in total. The Kier molecular flexibility index (Phi) is 5.31. The van der Waals surface area contributed by atoms with E-state index in [1.807, 2.05) is 0 Å². The molecule has 1 N–H and O–H groups in total. The van der Waals surface area contributed by atoms with Crippen LogP contribution < -0.4 is 10.2 Å². The SMILES string of the molecule is CN1CCc2cc([C@H](CNC(=O)c3ccc(F)c(F)c3)N3CCCC3)ccc21. The molecule has 2 aliphatic rings. The zero-order valence-electron chi connectivity index (χ0n) is 16.0. The van der Waals surface area contributed by atoms with E-state index in [1.54, 1.807) is 0 Å². The fourth-order valence-corrected chi connectivity index (χ4v) is 4.23. The van der Waals surface area contributed by atoms with Gasteiger partial charge >= 0.3 is 0 Å². The van der Waals surface area contributed by atoms with Gasteiger partial charge < -0.3 is 10.2 Å². The molecule has 0 aliphatic carbocycles. The minimum absolute atomic E-state index is 0.0768. The molecule has 28 heavy (non-hydrogen) atoms. The maximum atomic E-state index is 13.4. The summed E-state index contributed by atoms with van der Waals surface area (Å²) >= 11 is 0. The number of likely N-dealkylation sites (tertiary alicyclic amines) is 1. The lowest BCUT2D eigenvalue weighted by Gasteiger charge is -2.29. The Labute approximate surface area is 164 Å². The van der Waals surface area contributed by atoms with E-state index in [-0.39, 0.29) is 17.5 Å². The van der Waals surface area contributed by atoms with E-state index >= 15 is 0 Å². The Hall–Kier alpha value is -2.47. The molecule has 0 bridgehead atoms. The van der Waals surface area contributed by atoms with Crippen LogP contribution in [0.15, 0.2) is 36.4 Å². The summed E-state index contributed by atoms with van der Waals surface area (Å²) in [5.41, 5.74) is 3.95. The molecule has 0 spiro atoms. The van der Waals surface area contributed by atoms with Gasteiger partial charge in [0.2, 0.25) is 0 Å². The number of hydrogen-bond donors (Lipinski definition) is 1. The van der Waals surface area contributed by atoms with Gasteiger partial charge in [-0.05, 0) is 67.7 Å². The van der Waals surface area contributed by atoms with Crippen LogP contribution >= 0.6 is 0 Å². The van der Waals surface area contributed by atoms with Crippen molar-refractivity contribution in [1.29, 1.82) is 0 Å². The van der Waals surface area contributed by atoms with Crippen LogP contribution in [0, 0.1) is 11.6 Å². The standard InChI is InChI=1S/C22H25F2N3O/c1-26-11-8-16-12-15(5-7-20(16)26)21(27-9-2-3-10-27)14-25-22(28)17-4-6-18(23)19(24)13-17/h4-7,12-13,21H,2-3,8-11,14H2,1H3,(H,25,28)/t21-/m0/s1. The van der Waals surface area contributed by atoms with Crippen molar-refractivity contribution >= 4 is 11.6 Å². The van der Waals surface area contributed by atoms with Gasteiger partial charge in [-0.2, -0.15) is 0 Å². The second-order valence-corrected chi connectivity index (χ2v) is 7.66. The Balaban J connectivity index is 1.52. The number of carbonyl (C=O) groups is 1. The number of nitrogens with zero attached hydrogens (tertiary/aromatic N) is 2. The fraction of sp³-hybridized carbons (Fsp3) is 0.409. The summed E-state index contributed by atoms with van der Waals surface area (Å²) in [6.07, 6.45) is 3.34. The number of likely N-dealkylation sites (N-methyl/N-ethyl adjacent to an activating group) is 1. The maximum absolute atomic E-state index is 13.4. The van der Waals surface area contributed by atoms with Gasteiger partial charge in [0.05, 0.1) is 6.04 Å². The van der Waals surface area contributed by atoms with E-state index in [0.717, 1.165) is 51.0 Å². The molecule has 4 rings (SSSR count). The van der Waals surface area contributed by atoms with Crippen molar-refractivity contribution in [3.8, 4) is 0 Å². The van der Waals surface area contributed by atoms with Gasteiger partial charge in [-0.3, -0.25) is 9.69 Å². The summed E-state index contributed by atoms with van der Waals surface area (Å²) in [4.78, 5) is 17.1. The first kappa shape index (κ1) is 18.9. The summed E-state index contributed by atoms with van der Waals surface area (Å²) in [6, 6.07) is 9.88. The second-order valence-electron chi connectivity index (χ2n) is 7.66. The van der Waals surface area contributed by atoms with E-state index in [2.05, 4.69) is 40.4 Å². The van der Waals surface area contributed by atoms with Crippen molar-refractivity contribution in [3.63, 3.8) is 0 Å². The van der Waals surface area contributed by atoms with E-state index in [1.165, 1.54) is 22.9 Å². The number of fused-ring (bicyclic) bond motifs is 1. The average molecular weight is 385 g/mol. The maximum Gasteiger partial charge on any atom is 0.251 e. The quantitative estimate of drug-likeness (QED) is 0.855. The van der Waals surface area contributed by atoms with E-state index in [0.29, 0.717) is 6.54 Å². The third kappa shape index (κ3) is 3.74. The van der Waals surface area contributed by atoms with Gasteiger partial charge in [0.15, 0.2) is 11.6 Å². The zero-order valence-corrected chi connectivity index (χ0v) is 16.0. The Morgan fingerprint density at radius 2 is 1.86 bits per heavy atom. The minimum atomic E-state index is -1.01. The Morgan fingerprint density at radius 3 is 2.61 bits per heavy atom. The van der Waals surface area contributed by atoms with Gasteiger partial charge in [0, 0.05) is 31.4 Å². The molecule has 148 valence electrons. The van der Waals surface area contributed by atoms with E-state index in [9.17, 15) is 13.6 Å². The Bertz CT molecular complexity index is 880. The van der Waals surface area contributed by atoms with Gasteiger partial charge in [-0.1, -0.05) is 12.1 Å². The van der Waals surface area contributed by atoms with Crippen molar-refractivity contribution in [1.82, 2.24) is 10.2 Å². The van der Waals surface area contributed by atoms with Crippen LogP contribution in [0.2, 0.25) is 0 Å². The highest BCUT2D eigenvalue weighted by Crippen LogP contribution is 2.32. The first-order chi connectivity index (χ1) is 13.5. The highest BCUT2D eigenvalue weighted by Gasteiger charge is 2.26. The molecular weight excluding hydrogens is 360 g/mol. The van der Waals surface area contributed by atoms with Gasteiger partial charge in [-0.25, -0.2) is 8.78 Å². The first-order valence-electron chi connectivity index (χ1n) is 9.84. The van der Waals surface area contributed by atoms with Crippen molar-refractivity contribution < 1.29 is 13.6 Å². The van der Waals surface area contributed by atoms with Crippen LogP contribution in [0.5, 0.6) is 0 Å². The predicted octanol–water partition coefficient (Wildman–Crippen LogP) is 3.52. The summed E-state index contributed by atoms with van der Waals surface area (Å²) in [5, 5.41) is 2.92. The second kappa shape index (κ2) is 7.87. The molecule has 0 saturated carbocycles. The average Bonchev–Trinajstić information content (AvgIpc) is 3.34. The highest BCUT2D eigenvalue weighted by atomic mass is 19.2. The van der Waals surface area contributed by atoms with Crippen molar-refractivity contribution in [2.24, 2.45) is 0 Å². The minimum Gasteiger partial charge on any atom is -0.374 e. The zero-order chi connectivity index (χ0) is 19.7. The van der Waals surface area contributed by atoms with Crippen LogP contribution in [0.1, 0.15) is 40.4 Å². The molecule has 2 aromatic rings. The lowest BCUT2D eigenvalue weighted by molar-refractivity contribution is 0.0937. The molecule has 2 heterocycles. The molecule has 1 amide bonds. The fourth-order valence-electron chi connectivity index (χ4n) is 4.23. The number of amides is 1. The Morgan fingerprint density at radius 1 is 1.07 bits per heavy atom. The van der Waals surface area contributed by atoms with E-state index < -0.39 is 11.6 Å². The summed E-state index contributed by atoms with van der Waals surface area (Å²) in [7, 11) is 2.10. The van der Waals surface area contributed by atoms with Crippen molar-refractivity contribution in [3.05, 3.63) is 64.7 Å². The first-order valence-corrected chi connectivity index (χ1v) is 9.84. The summed E-state index contributed by atoms with van der Waals surface area (Å²) in [6.45, 7) is 3.47. The molecule has 2 aliphatic heterocycles. The van der Waals surface area contributed by atoms with E-state index in [4.69, 9.17) is 0 Å². The summed E-state index contributed by atoms with van der Waals surface area (Å²) < 4.78 is 26.6. The molecule has 6 heteroatoms. The lowest BCUT2D eigenvalue weighted by Crippen LogP contribution is -2.36. The smallest absolute Gasteiger partial charge is 0.251 e. The molecule has 0 unspecified atom stereocenters. The molecule has 0 radical (unpaired) electrons. The van der Waals surface area contributed by atoms with Crippen molar-refractivity contribution in [2.75, 3.05) is 38.1 Å². The van der Waals surface area contributed by atoms with Crippen LogP contribution in [0.3, 0.4) is 0 Å². The number of hydrogen-bond acceptors (Lipinski definition) is 3. The number of nitrogens with one attached hydrogen (secondary N) is 1. The molecule has 2 aromatic carbocycles. The highest BCUT2D eigenvalue weighted by molar-refractivity contribution is 5.94. The van der Waals surface area contributed by atoms with Gasteiger partial charge in [0.25, 0.3) is 5.91 Å². The normalized spacial score (nSPS) is 17.6. The molecular formula is C22H25F2N3O. The molecule has 1 atom stereocenters. The van der Waals surface area contributed by atoms with Gasteiger partial charge in [-0.15, -0.1) is 0 Å². The third-order valence-corrected chi connectivity index (χ3v) is 5.84. The van der Waals surface area contributed by atoms with Gasteiger partial charge in [0.1, 0.15) is 0 Å². The van der Waals surface area contributed by atoms with Crippen molar-refractivity contribution in [2.45, 2.75) is 25.3 Å². The number of benzene rings is 2. The number of carbonyl (C=O) groups excluding carboxylic acids is 1. The monoisotopic (exact) mass is 385 g/mol. The number of rotatable bonds is 5. The molecule has 1 fully saturated rings. The largest absolute Gasteiger partial charge is 0.374 e. The number of anilines is 1. The van der Waals surface area contributed by atoms with Crippen LogP contribution in [0.25, 0.3) is 0 Å². The van der Waals surface area contributed by atoms with Crippen LogP contribution in [0.4, 0.5) is 14.5 Å². The number of halogens is 2. The van der Waals surface area contributed by atoms with Crippen LogP contribution in [-0.2, 0) is 6.42 Å². The summed E-state index contributed by atoms with van der Waals surface area (Å²) in [5.74, 6) is -2.34. The predicted molar refractivity (Wildman–Crippen MR) is 106 cm³/mol. The molecule has 1 saturated heterocycles. The lowest BCUT2D eigenvalue weighted by atomic mass is 10.0.